The van der Waals surface area contributed by atoms with Crippen LogP contribution < -0.4 is 0 Å². The lowest BCUT2D eigenvalue weighted by Gasteiger charge is -2.35. The molecule has 2 aliphatic heterocycles. The van der Waals surface area contributed by atoms with Crippen molar-refractivity contribution in [2.45, 2.75) is 123 Å². The maximum absolute atomic E-state index is 11.3. The number of carbonyl (C=O) groups is 3. The molecule has 0 saturated heterocycles. The monoisotopic (exact) mass is 780 g/mol. The highest BCUT2D eigenvalue weighted by Gasteiger charge is 2.42. The van der Waals surface area contributed by atoms with Crippen LogP contribution in [-0.4, -0.2) is 56.4 Å². The van der Waals surface area contributed by atoms with Gasteiger partial charge in [0.25, 0.3) is 0 Å². The van der Waals surface area contributed by atoms with Gasteiger partial charge in [-0.1, -0.05) is 102 Å². The first-order chi connectivity index (χ1) is 27.2. The Labute approximate surface area is 336 Å². The zero-order valence-corrected chi connectivity index (χ0v) is 34.6. The van der Waals surface area contributed by atoms with Gasteiger partial charge in [-0.05, 0) is 91.2 Å². The Balaban J connectivity index is 0.000000166. The van der Waals surface area contributed by atoms with Crippen LogP contribution in [0.15, 0.2) is 60.7 Å². The summed E-state index contributed by atoms with van der Waals surface area (Å²) in [5.41, 5.74) is 9.91. The summed E-state index contributed by atoms with van der Waals surface area (Å²) in [5, 5.41) is 29.8. The SMILES string of the molecule is CC(C)Cc1ccc(C(C)C(=O)O)cc1.CCc1cccc2c3c([nH]c12)C(CC)(CC(=O)O)OCC3.CCc1cccc2c3c([nH]c12)C(CC)(CC(=O)O)OCC3. The highest BCUT2D eigenvalue weighted by Crippen LogP contribution is 2.43. The van der Waals surface area contributed by atoms with E-state index in [1.165, 1.54) is 38.6 Å². The maximum atomic E-state index is 11.3. The highest BCUT2D eigenvalue weighted by atomic mass is 16.5. The normalized spacial score (nSPS) is 19.2. The van der Waals surface area contributed by atoms with Gasteiger partial charge in [-0.15, -0.1) is 0 Å². The zero-order valence-electron chi connectivity index (χ0n) is 34.6. The van der Waals surface area contributed by atoms with Gasteiger partial charge < -0.3 is 34.8 Å². The molecule has 0 radical (unpaired) electrons. The van der Waals surface area contributed by atoms with E-state index in [1.807, 2.05) is 38.1 Å². The first-order valence-corrected chi connectivity index (χ1v) is 20.5. The van der Waals surface area contributed by atoms with Gasteiger partial charge in [0.15, 0.2) is 0 Å². The van der Waals surface area contributed by atoms with E-state index in [0.717, 1.165) is 60.1 Å². The molecule has 3 aromatic carbocycles. The minimum Gasteiger partial charge on any atom is -0.481 e. The zero-order chi connectivity index (χ0) is 41.5. The predicted molar refractivity (Wildman–Crippen MR) is 224 cm³/mol. The molecule has 0 saturated carbocycles. The molecule has 5 N–H and O–H groups in total. The molecule has 0 aliphatic carbocycles. The van der Waals surface area contributed by atoms with Crippen molar-refractivity contribution in [1.29, 1.82) is 0 Å². The van der Waals surface area contributed by atoms with Gasteiger partial charge >= 0.3 is 17.9 Å². The van der Waals surface area contributed by atoms with Crippen LogP contribution in [-0.2, 0) is 67.2 Å². The van der Waals surface area contributed by atoms with Gasteiger partial charge in [-0.2, -0.15) is 0 Å². The van der Waals surface area contributed by atoms with Crippen LogP contribution >= 0.6 is 0 Å². The number of aromatic nitrogens is 2. The molecule has 2 aliphatic rings. The van der Waals surface area contributed by atoms with Crippen molar-refractivity contribution in [3.63, 3.8) is 0 Å². The van der Waals surface area contributed by atoms with Crippen LogP contribution in [0.4, 0.5) is 0 Å². The molecule has 3 atom stereocenters. The highest BCUT2D eigenvalue weighted by molar-refractivity contribution is 5.89. The van der Waals surface area contributed by atoms with E-state index in [9.17, 15) is 24.6 Å². The number of H-pyrrole nitrogens is 2. The minimum atomic E-state index is -0.820. The van der Waals surface area contributed by atoms with Crippen LogP contribution in [0, 0.1) is 5.92 Å². The largest absolute Gasteiger partial charge is 0.481 e. The number of carboxylic acid groups (broad SMARTS) is 3. The molecule has 0 amide bonds. The third-order valence-electron chi connectivity index (χ3n) is 11.7. The lowest BCUT2D eigenvalue weighted by atomic mass is 9.86. The summed E-state index contributed by atoms with van der Waals surface area (Å²) >= 11 is 0. The summed E-state index contributed by atoms with van der Waals surface area (Å²) in [6, 6.07) is 20.5. The number of hydrogen-bond donors (Lipinski definition) is 5. The van der Waals surface area contributed by atoms with E-state index < -0.39 is 35.0 Å². The number of benzene rings is 3. The second kappa shape index (κ2) is 18.6. The Hall–Kier alpha value is -4.93. The number of aromatic amines is 2. The molecule has 10 heteroatoms. The minimum absolute atomic E-state index is 0.00474. The number of hydrogen-bond acceptors (Lipinski definition) is 5. The van der Waals surface area contributed by atoms with E-state index in [1.54, 1.807) is 6.92 Å². The molecule has 7 rings (SSSR count). The quantitative estimate of drug-likeness (QED) is 0.0836. The van der Waals surface area contributed by atoms with E-state index in [4.69, 9.17) is 14.6 Å². The van der Waals surface area contributed by atoms with Crippen LogP contribution in [0.25, 0.3) is 21.8 Å². The van der Waals surface area contributed by atoms with Crippen LogP contribution in [0.3, 0.4) is 0 Å². The molecule has 0 spiro atoms. The lowest BCUT2D eigenvalue weighted by molar-refractivity contribution is -0.149. The second-order valence-electron chi connectivity index (χ2n) is 15.8. The summed E-state index contributed by atoms with van der Waals surface area (Å²) in [6.07, 6.45) is 5.94. The summed E-state index contributed by atoms with van der Waals surface area (Å²) in [6.45, 7) is 15.5. The van der Waals surface area contributed by atoms with Gasteiger partial charge in [-0.25, -0.2) is 0 Å². The van der Waals surface area contributed by atoms with Gasteiger partial charge in [0.2, 0.25) is 0 Å². The van der Waals surface area contributed by atoms with Crippen molar-refractivity contribution >= 4 is 39.7 Å². The van der Waals surface area contributed by atoms with Gasteiger partial charge in [0, 0.05) is 21.8 Å². The number of ether oxygens (including phenoxy) is 2. The Bertz CT molecular complexity index is 2060. The number of rotatable bonds is 12. The topological polar surface area (TPSA) is 162 Å². The number of fused-ring (bicyclic) bond motifs is 6. The molecule has 306 valence electrons. The number of para-hydroxylation sites is 2. The molecule has 4 heterocycles. The number of aryl methyl sites for hydroxylation is 2. The van der Waals surface area contributed by atoms with Crippen molar-refractivity contribution < 1.29 is 39.2 Å². The van der Waals surface area contributed by atoms with Crippen molar-refractivity contribution in [1.82, 2.24) is 9.97 Å². The van der Waals surface area contributed by atoms with E-state index in [0.29, 0.717) is 32.0 Å². The van der Waals surface area contributed by atoms with E-state index >= 15 is 0 Å². The van der Waals surface area contributed by atoms with Gasteiger partial charge in [-0.3, -0.25) is 14.4 Å². The molecule has 57 heavy (non-hydrogen) atoms. The Morgan fingerprint density at radius 3 is 1.46 bits per heavy atom. The first-order valence-electron chi connectivity index (χ1n) is 20.5. The van der Waals surface area contributed by atoms with Gasteiger partial charge in [0.1, 0.15) is 11.2 Å². The summed E-state index contributed by atoms with van der Waals surface area (Å²) in [7, 11) is 0. The van der Waals surface area contributed by atoms with Crippen LogP contribution in [0.2, 0.25) is 0 Å². The standard InChI is InChI=1S/2C17H21NO3.C13H18O2/c2*1-3-11-6-5-7-12-13-8-9-21-17(4-2,10-14(19)20)16(13)18-15(11)12;1-9(2)8-11-4-6-12(7-5-11)10(3)13(14)15/h2*5-7,18H,3-4,8-10H2,1-2H3,(H,19,20);4-7,9-10H,8H2,1-3H3,(H,14,15). The van der Waals surface area contributed by atoms with Crippen molar-refractivity contribution in [3.8, 4) is 0 Å². The fourth-order valence-electron chi connectivity index (χ4n) is 8.53. The number of carboxylic acids is 3. The molecule has 0 fully saturated rings. The average Bonchev–Trinajstić information content (AvgIpc) is 3.78. The summed E-state index contributed by atoms with van der Waals surface area (Å²) < 4.78 is 11.9. The molecular formula is C47H60N2O8. The lowest BCUT2D eigenvalue weighted by Crippen LogP contribution is -2.37. The maximum Gasteiger partial charge on any atom is 0.310 e. The molecule has 5 aromatic rings. The molecule has 3 unspecified atom stereocenters. The summed E-state index contributed by atoms with van der Waals surface area (Å²) in [5.74, 6) is -2.20. The molecule has 0 bridgehead atoms. The molecular weight excluding hydrogens is 721 g/mol. The van der Waals surface area contributed by atoms with Crippen molar-refractivity contribution in [2.75, 3.05) is 13.2 Å². The van der Waals surface area contributed by atoms with Gasteiger partial charge in [0.05, 0.1) is 43.4 Å². The predicted octanol–water partition coefficient (Wildman–Crippen LogP) is 9.84. The first kappa shape index (κ1) is 43.2. The van der Waals surface area contributed by atoms with Crippen molar-refractivity contribution in [2.24, 2.45) is 5.92 Å². The summed E-state index contributed by atoms with van der Waals surface area (Å²) in [4.78, 5) is 40.3. The smallest absolute Gasteiger partial charge is 0.310 e. The number of aliphatic carboxylic acids is 3. The Morgan fingerprint density at radius 1 is 0.667 bits per heavy atom. The molecule has 10 nitrogen and oxygen atoms in total. The van der Waals surface area contributed by atoms with E-state index in [2.05, 4.69) is 74.1 Å². The average molecular weight is 781 g/mol. The van der Waals surface area contributed by atoms with Crippen molar-refractivity contribution in [3.05, 3.63) is 105 Å². The fourth-order valence-corrected chi connectivity index (χ4v) is 8.53. The fraction of sp³-hybridized carbons (Fsp3) is 0.468. The molecule has 2 aromatic heterocycles. The van der Waals surface area contributed by atoms with E-state index in [-0.39, 0.29) is 12.8 Å². The number of nitrogens with one attached hydrogen (secondary N) is 2. The Kier molecular flexibility index (Phi) is 14.1. The van der Waals surface area contributed by atoms with Crippen LogP contribution in [0.1, 0.15) is 125 Å². The third-order valence-corrected chi connectivity index (χ3v) is 11.7. The second-order valence-corrected chi connectivity index (χ2v) is 15.8. The Morgan fingerprint density at radius 2 is 1.11 bits per heavy atom. The third kappa shape index (κ3) is 9.29. The van der Waals surface area contributed by atoms with Crippen LogP contribution in [0.5, 0.6) is 0 Å².